The number of benzene rings is 2. The highest BCUT2D eigenvalue weighted by Gasteiger charge is 2.37. The van der Waals surface area contributed by atoms with Gasteiger partial charge in [0.15, 0.2) is 0 Å². The SMILES string of the molecule is CCCCCCCN(C(=O)C(CC(C)C)NC(=O)OC(C)(C)C)C(C(=O)Nc1ccc(OC)cc1)c1c(C)cccc1C. The molecule has 2 aromatic carbocycles. The highest BCUT2D eigenvalue weighted by molar-refractivity contribution is 5.99. The van der Waals surface area contributed by atoms with E-state index < -0.39 is 23.8 Å². The number of nitrogens with one attached hydrogen (secondary N) is 2. The Balaban J connectivity index is 2.59. The van der Waals surface area contributed by atoms with Crippen LogP contribution in [0.5, 0.6) is 5.75 Å². The first-order chi connectivity index (χ1) is 20.3. The number of ether oxygens (including phenoxy) is 2. The fourth-order valence-corrected chi connectivity index (χ4v) is 5.17. The average molecular weight is 596 g/mol. The second kappa shape index (κ2) is 16.9. The van der Waals surface area contributed by atoms with E-state index in [0.29, 0.717) is 24.4 Å². The van der Waals surface area contributed by atoms with Gasteiger partial charge in [0.2, 0.25) is 5.91 Å². The van der Waals surface area contributed by atoms with Crippen LogP contribution >= 0.6 is 0 Å². The molecule has 2 unspecified atom stereocenters. The number of alkyl carbamates (subject to hydrolysis) is 1. The van der Waals surface area contributed by atoms with Crippen LogP contribution < -0.4 is 15.4 Å². The van der Waals surface area contributed by atoms with Crippen molar-refractivity contribution >= 4 is 23.6 Å². The van der Waals surface area contributed by atoms with Gasteiger partial charge in [0.25, 0.3) is 5.91 Å². The maximum atomic E-state index is 14.5. The number of carbonyl (C=O) groups excluding carboxylic acids is 3. The Morgan fingerprint density at radius 2 is 1.51 bits per heavy atom. The summed E-state index contributed by atoms with van der Waals surface area (Å²) in [6.45, 7) is 15.8. The van der Waals surface area contributed by atoms with Crippen LogP contribution in [0.25, 0.3) is 0 Å². The number of anilines is 1. The molecule has 0 fully saturated rings. The number of carbonyl (C=O) groups is 3. The van der Waals surface area contributed by atoms with Gasteiger partial charge in [-0.05, 0) is 94.3 Å². The summed E-state index contributed by atoms with van der Waals surface area (Å²) in [5, 5.41) is 5.88. The Bertz CT molecular complexity index is 1170. The summed E-state index contributed by atoms with van der Waals surface area (Å²) in [4.78, 5) is 43.4. The van der Waals surface area contributed by atoms with E-state index in [1.807, 2.05) is 45.9 Å². The van der Waals surface area contributed by atoms with Crippen molar-refractivity contribution in [2.75, 3.05) is 19.0 Å². The van der Waals surface area contributed by atoms with Crippen molar-refractivity contribution in [3.05, 3.63) is 59.2 Å². The average Bonchev–Trinajstić information content (AvgIpc) is 2.92. The van der Waals surface area contributed by atoms with Crippen LogP contribution in [-0.4, -0.2) is 48.1 Å². The standard InChI is InChI=1S/C35H53N3O5/c1-10-11-12-13-14-22-38(33(40)29(23-24(2)3)37-34(41)43-35(6,7)8)31(30-25(4)16-15-17-26(30)5)32(39)36-27-18-20-28(42-9)21-19-27/h15-21,24,29,31H,10-14,22-23H2,1-9H3,(H,36,39)(H,37,41). The molecule has 238 valence electrons. The number of unbranched alkanes of at least 4 members (excludes halogenated alkanes) is 4. The Kier molecular flexibility index (Phi) is 14.0. The highest BCUT2D eigenvalue weighted by Crippen LogP contribution is 2.31. The highest BCUT2D eigenvalue weighted by atomic mass is 16.6. The van der Waals surface area contributed by atoms with Crippen LogP contribution in [0, 0.1) is 19.8 Å². The Hall–Kier alpha value is -3.55. The van der Waals surface area contributed by atoms with E-state index in [2.05, 4.69) is 17.6 Å². The molecule has 0 saturated heterocycles. The van der Waals surface area contributed by atoms with Gasteiger partial charge < -0.3 is 25.0 Å². The number of nitrogens with zero attached hydrogens (tertiary/aromatic N) is 1. The summed E-state index contributed by atoms with van der Waals surface area (Å²) in [7, 11) is 1.59. The number of hydrogen-bond donors (Lipinski definition) is 2. The first-order valence-corrected chi connectivity index (χ1v) is 15.6. The summed E-state index contributed by atoms with van der Waals surface area (Å²) in [5.41, 5.74) is 2.50. The van der Waals surface area contributed by atoms with Crippen LogP contribution in [0.15, 0.2) is 42.5 Å². The zero-order valence-electron chi connectivity index (χ0n) is 27.7. The predicted molar refractivity (Wildman–Crippen MR) is 173 cm³/mol. The molecule has 0 aromatic heterocycles. The quantitative estimate of drug-likeness (QED) is 0.205. The van der Waals surface area contributed by atoms with Crippen LogP contribution in [0.1, 0.15) is 103 Å². The molecule has 2 aromatic rings. The van der Waals surface area contributed by atoms with E-state index in [1.165, 1.54) is 0 Å². The maximum Gasteiger partial charge on any atom is 0.408 e. The van der Waals surface area contributed by atoms with E-state index >= 15 is 0 Å². The van der Waals surface area contributed by atoms with Gasteiger partial charge in [-0.3, -0.25) is 9.59 Å². The van der Waals surface area contributed by atoms with Gasteiger partial charge in [-0.15, -0.1) is 0 Å². The minimum absolute atomic E-state index is 0.113. The number of aryl methyl sites for hydroxylation is 2. The molecule has 0 aliphatic rings. The van der Waals surface area contributed by atoms with Gasteiger partial charge in [-0.2, -0.15) is 0 Å². The largest absolute Gasteiger partial charge is 0.497 e. The third-order valence-corrected chi connectivity index (χ3v) is 7.21. The summed E-state index contributed by atoms with van der Waals surface area (Å²) >= 11 is 0. The third-order valence-electron chi connectivity index (χ3n) is 7.21. The normalized spacial score (nSPS) is 12.8. The summed E-state index contributed by atoms with van der Waals surface area (Å²) in [6, 6.07) is 11.2. The van der Waals surface area contributed by atoms with Gasteiger partial charge in [0.05, 0.1) is 7.11 Å². The molecule has 2 N–H and O–H groups in total. The van der Waals surface area contributed by atoms with E-state index in [1.54, 1.807) is 57.0 Å². The minimum atomic E-state index is -0.905. The monoisotopic (exact) mass is 595 g/mol. The summed E-state index contributed by atoms with van der Waals surface area (Å²) in [6.07, 6.45) is 4.70. The molecular weight excluding hydrogens is 542 g/mol. The Labute approximate surface area is 258 Å². The summed E-state index contributed by atoms with van der Waals surface area (Å²) < 4.78 is 10.8. The van der Waals surface area contributed by atoms with Gasteiger partial charge >= 0.3 is 6.09 Å². The number of hydrogen-bond acceptors (Lipinski definition) is 5. The molecule has 8 nitrogen and oxygen atoms in total. The van der Waals surface area contributed by atoms with Crippen molar-refractivity contribution < 1.29 is 23.9 Å². The molecule has 0 aliphatic heterocycles. The molecule has 0 radical (unpaired) electrons. The lowest BCUT2D eigenvalue weighted by atomic mass is 9.92. The lowest BCUT2D eigenvalue weighted by Crippen LogP contribution is -2.53. The zero-order valence-corrected chi connectivity index (χ0v) is 27.7. The topological polar surface area (TPSA) is 97.0 Å². The molecule has 2 atom stereocenters. The number of methoxy groups -OCH3 is 1. The fourth-order valence-electron chi connectivity index (χ4n) is 5.17. The van der Waals surface area contributed by atoms with Crippen molar-refractivity contribution in [1.29, 1.82) is 0 Å². The predicted octanol–water partition coefficient (Wildman–Crippen LogP) is 7.73. The molecule has 3 amide bonds. The van der Waals surface area contributed by atoms with Crippen LogP contribution in [-0.2, 0) is 14.3 Å². The second-order valence-electron chi connectivity index (χ2n) is 12.7. The number of amides is 3. The molecular formula is C35H53N3O5. The summed E-state index contributed by atoms with van der Waals surface area (Å²) in [5.74, 6) is 0.178. The van der Waals surface area contributed by atoms with E-state index in [9.17, 15) is 14.4 Å². The van der Waals surface area contributed by atoms with Crippen LogP contribution in [0.4, 0.5) is 10.5 Å². The van der Waals surface area contributed by atoms with Crippen LogP contribution in [0.3, 0.4) is 0 Å². The molecule has 0 saturated carbocycles. The second-order valence-corrected chi connectivity index (χ2v) is 12.7. The molecule has 0 aliphatic carbocycles. The molecule has 0 heterocycles. The van der Waals surface area contributed by atoms with Crippen molar-refractivity contribution in [2.24, 2.45) is 5.92 Å². The first-order valence-electron chi connectivity index (χ1n) is 15.6. The van der Waals surface area contributed by atoms with Gasteiger partial charge in [0, 0.05) is 12.2 Å². The Morgan fingerprint density at radius 3 is 2.05 bits per heavy atom. The lowest BCUT2D eigenvalue weighted by Gasteiger charge is -2.36. The van der Waals surface area contributed by atoms with Crippen molar-refractivity contribution in [3.8, 4) is 5.75 Å². The minimum Gasteiger partial charge on any atom is -0.497 e. The maximum absolute atomic E-state index is 14.5. The van der Waals surface area contributed by atoms with Crippen molar-refractivity contribution in [2.45, 2.75) is 112 Å². The van der Waals surface area contributed by atoms with Crippen molar-refractivity contribution in [3.63, 3.8) is 0 Å². The third kappa shape index (κ3) is 11.6. The molecule has 0 spiro atoms. The number of rotatable bonds is 15. The van der Waals surface area contributed by atoms with Gasteiger partial charge in [-0.25, -0.2) is 4.79 Å². The van der Waals surface area contributed by atoms with Crippen LogP contribution in [0.2, 0.25) is 0 Å². The smallest absolute Gasteiger partial charge is 0.408 e. The molecule has 0 bridgehead atoms. The van der Waals surface area contributed by atoms with E-state index in [-0.39, 0.29) is 17.7 Å². The zero-order chi connectivity index (χ0) is 32.2. The van der Waals surface area contributed by atoms with E-state index in [4.69, 9.17) is 9.47 Å². The van der Waals surface area contributed by atoms with Crippen molar-refractivity contribution in [1.82, 2.24) is 10.2 Å². The molecule has 43 heavy (non-hydrogen) atoms. The molecule has 8 heteroatoms. The fraction of sp³-hybridized carbons (Fsp3) is 0.571. The van der Waals surface area contributed by atoms with Gasteiger partial charge in [-0.1, -0.05) is 64.7 Å². The Morgan fingerprint density at radius 1 is 0.907 bits per heavy atom. The van der Waals surface area contributed by atoms with Gasteiger partial charge in [0.1, 0.15) is 23.4 Å². The molecule has 2 rings (SSSR count). The first kappa shape index (κ1) is 35.6. The van der Waals surface area contributed by atoms with E-state index in [0.717, 1.165) is 48.8 Å². The lowest BCUT2D eigenvalue weighted by molar-refractivity contribution is -0.141.